The second kappa shape index (κ2) is 14.2. The summed E-state index contributed by atoms with van der Waals surface area (Å²) in [5, 5.41) is 1.22. The van der Waals surface area contributed by atoms with Gasteiger partial charge in [0.15, 0.2) is 5.82 Å². The third-order valence-electron chi connectivity index (χ3n) is 12.3. The fourth-order valence-electron chi connectivity index (χ4n) is 9.05. The zero-order valence-corrected chi connectivity index (χ0v) is 31.0. The second-order valence-corrected chi connectivity index (χ2v) is 16.0. The van der Waals surface area contributed by atoms with Gasteiger partial charge in [0, 0.05) is 87.4 Å². The minimum Gasteiger partial charge on any atom is -0.461 e. The maximum absolute atomic E-state index is 16.9. The van der Waals surface area contributed by atoms with Crippen LogP contribution in [0.25, 0.3) is 32.9 Å². The van der Waals surface area contributed by atoms with Gasteiger partial charge in [-0.3, -0.25) is 19.6 Å². The molecule has 5 saturated heterocycles. The van der Waals surface area contributed by atoms with Gasteiger partial charge in [0.25, 0.3) is 0 Å². The lowest BCUT2D eigenvalue weighted by atomic mass is 9.95. The number of alkyl halides is 1. The van der Waals surface area contributed by atoms with Crippen LogP contribution in [0.3, 0.4) is 0 Å². The number of rotatable bonds is 10. The number of likely N-dealkylation sites (tertiary alicyclic amines) is 2. The first-order valence-corrected chi connectivity index (χ1v) is 19.3. The summed E-state index contributed by atoms with van der Waals surface area (Å²) in [6, 6.07) is 8.17. The van der Waals surface area contributed by atoms with Crippen molar-refractivity contribution in [2.75, 3.05) is 71.0 Å². The molecule has 1 amide bonds. The molecule has 2 aromatic carbocycles. The Labute approximate surface area is 316 Å². The number of ether oxygens (including phenoxy) is 2. The number of pyridine rings is 1. The topological polar surface area (TPSA) is 87.2 Å². The van der Waals surface area contributed by atoms with Gasteiger partial charge in [0.1, 0.15) is 35.6 Å². The average Bonchev–Trinajstić information content (AvgIpc) is 3.86. The first-order chi connectivity index (χ1) is 26.2. The van der Waals surface area contributed by atoms with Gasteiger partial charge < -0.3 is 19.3 Å². The van der Waals surface area contributed by atoms with Gasteiger partial charge in [-0.15, -0.1) is 0 Å². The fraction of sp³-hybridized carbons (Fsp3) is 0.500. The van der Waals surface area contributed by atoms with Crippen LogP contribution in [0.4, 0.5) is 19.0 Å². The normalized spacial score (nSPS) is 26.2. The number of likely N-dealkylation sites (N-methyl/N-ethyl adjacent to an activating group) is 1. The van der Waals surface area contributed by atoms with E-state index in [1.165, 1.54) is 12.3 Å². The van der Waals surface area contributed by atoms with E-state index in [-0.39, 0.29) is 46.8 Å². The van der Waals surface area contributed by atoms with Gasteiger partial charge in [-0.25, -0.2) is 13.2 Å². The Balaban J connectivity index is 1.02. The summed E-state index contributed by atoms with van der Waals surface area (Å²) in [5.41, 5.74) is -0.185. The summed E-state index contributed by atoms with van der Waals surface area (Å²) in [5.74, 6) is -0.394. The van der Waals surface area contributed by atoms with Crippen molar-refractivity contribution in [2.45, 2.75) is 55.9 Å². The van der Waals surface area contributed by atoms with Crippen molar-refractivity contribution in [3.63, 3.8) is 0 Å². The lowest BCUT2D eigenvalue weighted by Gasteiger charge is -2.43. The summed E-state index contributed by atoms with van der Waals surface area (Å²) in [4.78, 5) is 35.6. The molecule has 0 N–H and O–H groups in total. The highest BCUT2D eigenvalue weighted by Gasteiger charge is 2.49. The van der Waals surface area contributed by atoms with Crippen LogP contribution in [0.15, 0.2) is 48.7 Å². The molecule has 9 rings (SSSR count). The van der Waals surface area contributed by atoms with Crippen molar-refractivity contribution in [2.24, 2.45) is 5.92 Å². The number of amides is 1. The molecule has 2 aromatic heterocycles. The zero-order chi connectivity index (χ0) is 37.1. The molecule has 7 heterocycles. The summed E-state index contributed by atoms with van der Waals surface area (Å²) in [7, 11) is 1.87. The van der Waals surface area contributed by atoms with Gasteiger partial charge in [0.05, 0.1) is 29.2 Å². The van der Waals surface area contributed by atoms with Crippen LogP contribution in [0.5, 0.6) is 6.01 Å². The molecular formula is C40H43ClF3N7O3. The zero-order valence-electron chi connectivity index (χ0n) is 30.2. The van der Waals surface area contributed by atoms with Gasteiger partial charge in [0.2, 0.25) is 5.91 Å². The number of aromatic nitrogens is 3. The predicted octanol–water partition coefficient (Wildman–Crippen LogP) is 6.05. The summed E-state index contributed by atoms with van der Waals surface area (Å²) >= 11 is 6.44. The number of carbonyl (C=O) groups is 1. The fourth-order valence-corrected chi connectivity index (χ4v) is 9.33. The molecule has 0 spiro atoms. The monoisotopic (exact) mass is 761 g/mol. The van der Waals surface area contributed by atoms with Crippen molar-refractivity contribution >= 4 is 45.0 Å². The van der Waals surface area contributed by atoms with Crippen LogP contribution < -0.4 is 9.64 Å². The third kappa shape index (κ3) is 6.36. The van der Waals surface area contributed by atoms with Gasteiger partial charge in [-0.05, 0) is 43.7 Å². The first-order valence-electron chi connectivity index (χ1n) is 18.9. The SMILES string of the molecule is CN(c1nc(OC[C@@]23CCCN2C[C@H](F)C3)nc2c(F)c(-c3cccc4ccc(F)c(Cl)c34)ncc12)[C@@H]1CCN(C(=O)/C=C/[C@H]2CCN2CC2COC2)C1. The predicted molar refractivity (Wildman–Crippen MR) is 201 cm³/mol. The van der Waals surface area contributed by atoms with Crippen LogP contribution in [-0.2, 0) is 9.53 Å². The van der Waals surface area contributed by atoms with Gasteiger partial charge in [-0.1, -0.05) is 41.9 Å². The number of hydrogen-bond donors (Lipinski definition) is 0. The van der Waals surface area contributed by atoms with Crippen LogP contribution >= 0.6 is 11.6 Å². The maximum atomic E-state index is 16.9. The molecule has 5 aliphatic rings. The Morgan fingerprint density at radius 3 is 2.80 bits per heavy atom. The van der Waals surface area contributed by atoms with Crippen molar-refractivity contribution in [1.82, 2.24) is 29.7 Å². The first kappa shape index (κ1) is 35.6. The van der Waals surface area contributed by atoms with Crippen molar-refractivity contribution in [3.05, 3.63) is 65.3 Å². The Kier molecular flexibility index (Phi) is 9.39. The van der Waals surface area contributed by atoms with E-state index in [1.807, 2.05) is 22.9 Å². The highest BCUT2D eigenvalue weighted by Crippen LogP contribution is 2.42. The number of halogens is 4. The number of nitrogens with zero attached hydrogens (tertiary/aromatic N) is 7. The molecule has 0 aliphatic carbocycles. The van der Waals surface area contributed by atoms with E-state index >= 15 is 4.39 Å². The molecule has 0 radical (unpaired) electrons. The molecule has 0 saturated carbocycles. The van der Waals surface area contributed by atoms with Crippen LogP contribution in [0, 0.1) is 17.6 Å². The van der Waals surface area contributed by atoms with E-state index in [2.05, 4.69) is 19.8 Å². The van der Waals surface area contributed by atoms with E-state index in [0.29, 0.717) is 65.9 Å². The van der Waals surface area contributed by atoms with E-state index < -0.39 is 23.3 Å². The average molecular weight is 762 g/mol. The molecule has 4 atom stereocenters. The Hall–Kier alpha value is -4.04. The summed E-state index contributed by atoms with van der Waals surface area (Å²) in [6.45, 7) is 6.03. The quantitative estimate of drug-likeness (QED) is 0.180. The molecule has 284 valence electrons. The van der Waals surface area contributed by atoms with Crippen molar-refractivity contribution < 1.29 is 27.4 Å². The highest BCUT2D eigenvalue weighted by atomic mass is 35.5. The number of fused-ring (bicyclic) bond motifs is 3. The minimum absolute atomic E-state index is 0.0145. The lowest BCUT2D eigenvalue weighted by Crippen LogP contribution is -2.51. The van der Waals surface area contributed by atoms with Crippen LogP contribution in [0.1, 0.15) is 32.1 Å². The van der Waals surface area contributed by atoms with E-state index in [0.717, 1.165) is 52.1 Å². The number of carbonyl (C=O) groups excluding carboxylic acids is 1. The van der Waals surface area contributed by atoms with E-state index in [9.17, 15) is 13.6 Å². The number of hydrogen-bond acceptors (Lipinski definition) is 9. The molecule has 54 heavy (non-hydrogen) atoms. The Bertz CT molecular complexity index is 2140. The maximum Gasteiger partial charge on any atom is 0.319 e. The van der Waals surface area contributed by atoms with E-state index in [4.69, 9.17) is 26.1 Å². The molecule has 0 bridgehead atoms. The van der Waals surface area contributed by atoms with Gasteiger partial charge in [-0.2, -0.15) is 9.97 Å². The largest absolute Gasteiger partial charge is 0.461 e. The number of anilines is 1. The van der Waals surface area contributed by atoms with Gasteiger partial charge >= 0.3 is 6.01 Å². The standard InChI is InChI=1S/C40H43ClF3N7O3/c1-48(28-11-15-50(20-28)32(52)9-7-27-10-14-49(27)18-24-21-53-22-24)38-30-17-45-36(29-5-2-4-25-6-8-31(43)34(41)33(25)29)35(44)37(30)46-39(47-38)54-23-40-12-3-13-51(40)19-26(42)16-40/h2,4-9,17,24,26-28H,3,10-16,18-23H2,1H3/b9-7+/t26-,27+,28-,40+/m1/s1. The number of benzene rings is 2. The molecule has 10 nitrogen and oxygen atoms in total. The lowest BCUT2D eigenvalue weighted by molar-refractivity contribution is -0.125. The molecule has 4 aromatic rings. The molecule has 5 fully saturated rings. The van der Waals surface area contributed by atoms with Crippen LogP contribution in [0.2, 0.25) is 5.02 Å². The molecule has 0 unspecified atom stereocenters. The minimum atomic E-state index is -0.936. The second-order valence-electron chi connectivity index (χ2n) is 15.6. The van der Waals surface area contributed by atoms with Crippen LogP contribution in [-0.4, -0.2) is 125 Å². The smallest absolute Gasteiger partial charge is 0.319 e. The molecule has 14 heteroatoms. The van der Waals surface area contributed by atoms with Crippen molar-refractivity contribution in [1.29, 1.82) is 0 Å². The van der Waals surface area contributed by atoms with Crippen molar-refractivity contribution in [3.8, 4) is 17.3 Å². The Morgan fingerprint density at radius 2 is 2.00 bits per heavy atom. The summed E-state index contributed by atoms with van der Waals surface area (Å²) < 4.78 is 57.8. The summed E-state index contributed by atoms with van der Waals surface area (Å²) in [6.07, 6.45) is 8.14. The third-order valence-corrected chi connectivity index (χ3v) is 12.6. The molecular weight excluding hydrogens is 719 g/mol. The molecule has 5 aliphatic heterocycles. The highest BCUT2D eigenvalue weighted by molar-refractivity contribution is 6.36. The van der Waals surface area contributed by atoms with E-state index in [1.54, 1.807) is 30.3 Å². The Morgan fingerprint density at radius 1 is 1.13 bits per heavy atom.